The molecule has 2 N–H and O–H groups in total. The quantitative estimate of drug-likeness (QED) is 0.592. The number of nitrogen functional groups attached to an aromatic ring is 1. The number of azo groups is 1. The molecule has 0 bridgehead atoms. The Morgan fingerprint density at radius 1 is 1.60 bits per heavy atom. The Morgan fingerprint density at radius 3 is 3.00 bits per heavy atom. The first-order valence-electron chi connectivity index (χ1n) is 2.85. The van der Waals surface area contributed by atoms with Gasteiger partial charge in [-0.05, 0) is 12.1 Å². The van der Waals surface area contributed by atoms with E-state index in [2.05, 4.69) is 15.2 Å². The molecule has 4 heteroatoms. The van der Waals surface area contributed by atoms with E-state index in [4.69, 9.17) is 5.73 Å². The summed E-state index contributed by atoms with van der Waals surface area (Å²) in [5.74, 6) is 0.410. The SMILES string of the molecule is CN=Nc1cccnc1N. The van der Waals surface area contributed by atoms with Crippen LogP contribution in [-0.4, -0.2) is 12.0 Å². The summed E-state index contributed by atoms with van der Waals surface area (Å²) < 4.78 is 0. The van der Waals surface area contributed by atoms with E-state index < -0.39 is 0 Å². The van der Waals surface area contributed by atoms with Crippen molar-refractivity contribution in [3.05, 3.63) is 18.3 Å². The monoisotopic (exact) mass is 136 g/mol. The third kappa shape index (κ3) is 1.28. The van der Waals surface area contributed by atoms with Crippen LogP contribution in [0.3, 0.4) is 0 Å². The predicted molar refractivity (Wildman–Crippen MR) is 39.1 cm³/mol. The lowest BCUT2D eigenvalue weighted by Crippen LogP contribution is -1.87. The molecule has 0 atom stereocenters. The third-order valence-electron chi connectivity index (χ3n) is 1.02. The van der Waals surface area contributed by atoms with Crippen molar-refractivity contribution in [3.8, 4) is 0 Å². The molecular weight excluding hydrogens is 128 g/mol. The fraction of sp³-hybridized carbons (Fsp3) is 0.167. The summed E-state index contributed by atoms with van der Waals surface area (Å²) in [5.41, 5.74) is 6.06. The van der Waals surface area contributed by atoms with E-state index in [1.165, 1.54) is 0 Å². The molecule has 1 heterocycles. The highest BCUT2D eigenvalue weighted by Gasteiger charge is 1.93. The van der Waals surface area contributed by atoms with Gasteiger partial charge < -0.3 is 5.73 Å². The Labute approximate surface area is 58.8 Å². The van der Waals surface area contributed by atoms with Crippen LogP contribution in [0.15, 0.2) is 28.6 Å². The van der Waals surface area contributed by atoms with Gasteiger partial charge in [-0.1, -0.05) is 0 Å². The van der Waals surface area contributed by atoms with Crippen molar-refractivity contribution in [2.75, 3.05) is 12.8 Å². The van der Waals surface area contributed by atoms with Gasteiger partial charge >= 0.3 is 0 Å². The van der Waals surface area contributed by atoms with Crippen LogP contribution in [0.5, 0.6) is 0 Å². The van der Waals surface area contributed by atoms with Crippen LogP contribution < -0.4 is 5.73 Å². The smallest absolute Gasteiger partial charge is 0.151 e. The standard InChI is InChI=1S/C6H8N4/c1-8-10-5-3-2-4-9-6(5)7/h2-4H,1H3,(H2,7,9). The summed E-state index contributed by atoms with van der Waals surface area (Å²) in [6.07, 6.45) is 1.62. The number of rotatable bonds is 1. The molecule has 0 saturated heterocycles. The van der Waals surface area contributed by atoms with Gasteiger partial charge in [0.1, 0.15) is 5.69 Å². The number of nitrogens with two attached hydrogens (primary N) is 1. The van der Waals surface area contributed by atoms with Crippen LogP contribution in [0.2, 0.25) is 0 Å². The second-order valence-corrected chi connectivity index (χ2v) is 1.71. The molecule has 0 spiro atoms. The van der Waals surface area contributed by atoms with E-state index in [-0.39, 0.29) is 0 Å². The first-order valence-corrected chi connectivity index (χ1v) is 2.85. The highest BCUT2D eigenvalue weighted by atomic mass is 15.1. The van der Waals surface area contributed by atoms with Gasteiger partial charge in [-0.25, -0.2) is 4.98 Å². The number of anilines is 1. The van der Waals surface area contributed by atoms with Crippen LogP contribution in [0.1, 0.15) is 0 Å². The van der Waals surface area contributed by atoms with Crippen molar-refractivity contribution in [3.63, 3.8) is 0 Å². The molecule has 0 aliphatic rings. The second kappa shape index (κ2) is 2.91. The van der Waals surface area contributed by atoms with Crippen LogP contribution in [0.25, 0.3) is 0 Å². The molecule has 10 heavy (non-hydrogen) atoms. The maximum Gasteiger partial charge on any atom is 0.151 e. The molecule has 4 nitrogen and oxygen atoms in total. The van der Waals surface area contributed by atoms with E-state index in [9.17, 15) is 0 Å². The molecule has 0 aromatic carbocycles. The average Bonchev–Trinajstić information content (AvgIpc) is 1.94. The Bertz CT molecular complexity index is 243. The molecule has 0 aliphatic carbocycles. The summed E-state index contributed by atoms with van der Waals surface area (Å²) in [5, 5.41) is 7.32. The predicted octanol–water partition coefficient (Wildman–Crippen LogP) is 1.38. The summed E-state index contributed by atoms with van der Waals surface area (Å²) in [7, 11) is 1.59. The highest BCUT2D eigenvalue weighted by molar-refractivity contribution is 5.55. The topological polar surface area (TPSA) is 63.6 Å². The fourth-order valence-corrected chi connectivity index (χ4v) is 0.601. The van der Waals surface area contributed by atoms with E-state index in [1.54, 1.807) is 25.4 Å². The number of pyridine rings is 1. The molecule has 0 aliphatic heterocycles. The molecule has 0 unspecified atom stereocenters. The Kier molecular flexibility index (Phi) is 1.94. The molecular formula is C6H8N4. The number of aromatic nitrogens is 1. The zero-order valence-electron chi connectivity index (χ0n) is 5.65. The minimum absolute atomic E-state index is 0.410. The zero-order chi connectivity index (χ0) is 7.40. The number of hydrogen-bond donors (Lipinski definition) is 1. The molecule has 0 radical (unpaired) electrons. The molecule has 0 amide bonds. The van der Waals surface area contributed by atoms with E-state index in [0.29, 0.717) is 11.5 Å². The lowest BCUT2D eigenvalue weighted by atomic mass is 10.4. The molecule has 0 fully saturated rings. The van der Waals surface area contributed by atoms with Gasteiger partial charge in [0.15, 0.2) is 5.82 Å². The average molecular weight is 136 g/mol. The molecule has 1 aromatic heterocycles. The van der Waals surface area contributed by atoms with Crippen molar-refractivity contribution in [1.82, 2.24) is 4.98 Å². The fourth-order valence-electron chi connectivity index (χ4n) is 0.601. The van der Waals surface area contributed by atoms with Crippen LogP contribution >= 0.6 is 0 Å². The minimum atomic E-state index is 0.410. The molecule has 1 rings (SSSR count). The van der Waals surface area contributed by atoms with E-state index in [1.807, 2.05) is 0 Å². The van der Waals surface area contributed by atoms with Gasteiger partial charge in [-0.3, -0.25) is 0 Å². The van der Waals surface area contributed by atoms with Gasteiger partial charge in [0.2, 0.25) is 0 Å². The maximum absolute atomic E-state index is 5.44. The normalized spacial score (nSPS) is 10.5. The van der Waals surface area contributed by atoms with Gasteiger partial charge in [0, 0.05) is 13.2 Å². The molecule has 0 saturated carbocycles. The zero-order valence-corrected chi connectivity index (χ0v) is 5.65. The number of hydrogen-bond acceptors (Lipinski definition) is 4. The Hall–Kier alpha value is -1.45. The Morgan fingerprint density at radius 2 is 2.40 bits per heavy atom. The lowest BCUT2D eigenvalue weighted by molar-refractivity contribution is 1.15. The van der Waals surface area contributed by atoms with Crippen molar-refractivity contribution >= 4 is 11.5 Å². The largest absolute Gasteiger partial charge is 0.382 e. The first kappa shape index (κ1) is 6.67. The summed E-state index contributed by atoms with van der Waals surface area (Å²) >= 11 is 0. The minimum Gasteiger partial charge on any atom is -0.382 e. The first-order chi connectivity index (χ1) is 4.84. The second-order valence-electron chi connectivity index (χ2n) is 1.71. The Balaban J connectivity index is 3.03. The van der Waals surface area contributed by atoms with Gasteiger partial charge in [0.25, 0.3) is 0 Å². The van der Waals surface area contributed by atoms with Crippen molar-refractivity contribution in [1.29, 1.82) is 0 Å². The van der Waals surface area contributed by atoms with Crippen LogP contribution in [0.4, 0.5) is 11.5 Å². The van der Waals surface area contributed by atoms with Gasteiger partial charge in [-0.2, -0.15) is 10.2 Å². The molecule has 1 aromatic rings. The third-order valence-corrected chi connectivity index (χ3v) is 1.02. The van der Waals surface area contributed by atoms with Crippen molar-refractivity contribution in [2.45, 2.75) is 0 Å². The molecule has 52 valence electrons. The van der Waals surface area contributed by atoms with Gasteiger partial charge in [0.05, 0.1) is 0 Å². The highest BCUT2D eigenvalue weighted by Crippen LogP contribution is 2.17. The summed E-state index contributed by atoms with van der Waals surface area (Å²) in [6.45, 7) is 0. The van der Waals surface area contributed by atoms with Gasteiger partial charge in [-0.15, -0.1) is 0 Å². The van der Waals surface area contributed by atoms with E-state index >= 15 is 0 Å². The summed E-state index contributed by atoms with van der Waals surface area (Å²) in [6, 6.07) is 3.52. The number of nitrogens with zero attached hydrogens (tertiary/aromatic N) is 3. The van der Waals surface area contributed by atoms with E-state index in [0.717, 1.165) is 0 Å². The van der Waals surface area contributed by atoms with Crippen LogP contribution in [0, 0.1) is 0 Å². The lowest BCUT2D eigenvalue weighted by Gasteiger charge is -1.93. The maximum atomic E-state index is 5.44. The van der Waals surface area contributed by atoms with Crippen molar-refractivity contribution in [2.24, 2.45) is 10.2 Å². The van der Waals surface area contributed by atoms with Crippen molar-refractivity contribution < 1.29 is 0 Å². The van der Waals surface area contributed by atoms with Crippen LogP contribution in [-0.2, 0) is 0 Å². The summed E-state index contributed by atoms with van der Waals surface area (Å²) in [4.78, 5) is 3.82.